The third-order valence-corrected chi connectivity index (χ3v) is 5.16. The van der Waals surface area contributed by atoms with Crippen LogP contribution >= 0.6 is 0 Å². The van der Waals surface area contributed by atoms with E-state index in [1.165, 1.54) is 0 Å². The number of nitrogens with one attached hydrogen (secondary N) is 1. The maximum atomic E-state index is 13.5. The number of aromatic nitrogens is 6. The highest BCUT2D eigenvalue weighted by molar-refractivity contribution is 5.82. The Morgan fingerprint density at radius 3 is 2.61 bits per heavy atom. The Morgan fingerprint density at radius 1 is 1.10 bits per heavy atom. The summed E-state index contributed by atoms with van der Waals surface area (Å²) in [7, 11) is 3.12. The molecule has 0 bridgehead atoms. The lowest BCUT2D eigenvalue weighted by Crippen LogP contribution is -2.26. The number of benzene rings is 2. The van der Waals surface area contributed by atoms with Crippen LogP contribution in [0.3, 0.4) is 0 Å². The molecule has 0 saturated heterocycles. The predicted molar refractivity (Wildman–Crippen MR) is 116 cm³/mol. The van der Waals surface area contributed by atoms with E-state index in [0.29, 0.717) is 41.2 Å². The maximum Gasteiger partial charge on any atom is 0.261 e. The van der Waals surface area contributed by atoms with Crippen molar-refractivity contribution >= 4 is 10.9 Å². The van der Waals surface area contributed by atoms with Gasteiger partial charge in [-0.25, -0.2) is 4.98 Å². The van der Waals surface area contributed by atoms with Gasteiger partial charge < -0.3 is 9.47 Å². The minimum Gasteiger partial charge on any atom is -0.493 e. The molecule has 0 fully saturated rings. The summed E-state index contributed by atoms with van der Waals surface area (Å²) in [6.45, 7) is 2.51. The number of rotatable bonds is 8. The van der Waals surface area contributed by atoms with Crippen molar-refractivity contribution in [2.45, 2.75) is 32.7 Å². The molecule has 2 aromatic carbocycles. The molecule has 1 N–H and O–H groups in total. The monoisotopic (exact) mass is 420 g/mol. The van der Waals surface area contributed by atoms with Crippen LogP contribution in [0.2, 0.25) is 0 Å². The van der Waals surface area contributed by atoms with Gasteiger partial charge in [0.25, 0.3) is 5.56 Å². The van der Waals surface area contributed by atoms with Gasteiger partial charge in [0.2, 0.25) is 5.82 Å². The van der Waals surface area contributed by atoms with Crippen LogP contribution in [-0.4, -0.2) is 44.4 Å². The average molecular weight is 420 g/mol. The van der Waals surface area contributed by atoms with Crippen molar-refractivity contribution in [3.05, 3.63) is 58.1 Å². The Bertz CT molecular complexity index is 1250. The van der Waals surface area contributed by atoms with Gasteiger partial charge >= 0.3 is 0 Å². The number of hydrogen-bond donors (Lipinski definition) is 1. The molecule has 0 spiro atoms. The minimum absolute atomic E-state index is 0.109. The first-order chi connectivity index (χ1) is 15.1. The Morgan fingerprint density at radius 2 is 1.90 bits per heavy atom. The van der Waals surface area contributed by atoms with E-state index in [0.717, 1.165) is 29.8 Å². The Labute approximate surface area is 179 Å². The highest BCUT2D eigenvalue weighted by Crippen LogP contribution is 2.30. The lowest BCUT2D eigenvalue weighted by Gasteiger charge is -2.15. The fourth-order valence-electron chi connectivity index (χ4n) is 3.56. The molecule has 9 heteroatoms. The molecule has 9 nitrogen and oxygen atoms in total. The van der Waals surface area contributed by atoms with Crippen LogP contribution in [-0.2, 0) is 13.0 Å². The van der Waals surface area contributed by atoms with Crippen LogP contribution in [0.4, 0.5) is 0 Å². The number of hydrogen-bond acceptors (Lipinski definition) is 7. The SMILES string of the molecule is CCCCc1nc2cc(OC)c(OC)cc2c(=O)n1Cc1cccc(-c2nn[nH]n2)c1. The zero-order valence-electron chi connectivity index (χ0n) is 17.8. The molecule has 0 amide bonds. The highest BCUT2D eigenvalue weighted by Gasteiger charge is 2.16. The molecule has 0 radical (unpaired) electrons. The summed E-state index contributed by atoms with van der Waals surface area (Å²) in [5.41, 5.74) is 2.27. The molecule has 0 atom stereocenters. The molecule has 0 aliphatic heterocycles. The number of unbranched alkanes of at least 4 members (excludes halogenated alkanes) is 1. The van der Waals surface area contributed by atoms with Crippen LogP contribution < -0.4 is 15.0 Å². The molecule has 4 rings (SSSR count). The molecule has 0 aliphatic rings. The van der Waals surface area contributed by atoms with Gasteiger partial charge in [-0.1, -0.05) is 31.5 Å². The normalized spacial score (nSPS) is 11.1. The summed E-state index contributed by atoms with van der Waals surface area (Å²) >= 11 is 0. The van der Waals surface area contributed by atoms with Crippen LogP contribution in [0.1, 0.15) is 31.2 Å². The first-order valence-electron chi connectivity index (χ1n) is 10.1. The van der Waals surface area contributed by atoms with E-state index in [9.17, 15) is 4.79 Å². The van der Waals surface area contributed by atoms with E-state index in [2.05, 4.69) is 27.5 Å². The van der Waals surface area contributed by atoms with Crippen molar-refractivity contribution in [2.75, 3.05) is 14.2 Å². The first kappa shape index (κ1) is 20.5. The lowest BCUT2D eigenvalue weighted by molar-refractivity contribution is 0.355. The lowest BCUT2D eigenvalue weighted by atomic mass is 10.1. The number of nitrogens with zero attached hydrogens (tertiary/aromatic N) is 5. The summed E-state index contributed by atoms with van der Waals surface area (Å²) in [5.74, 6) is 2.31. The summed E-state index contributed by atoms with van der Waals surface area (Å²) in [6.07, 6.45) is 2.65. The molecule has 160 valence electrons. The van der Waals surface area contributed by atoms with Gasteiger partial charge in [-0.15, -0.1) is 10.2 Å². The zero-order valence-corrected chi connectivity index (χ0v) is 17.8. The standard InChI is InChI=1S/C22H24N6O3/c1-4-5-9-20-23-17-12-19(31-3)18(30-2)11-16(17)22(29)28(20)13-14-7-6-8-15(10-14)21-24-26-27-25-21/h6-8,10-12H,4-5,9,13H2,1-3H3,(H,24,25,26,27). The minimum atomic E-state index is -0.109. The van der Waals surface area contributed by atoms with Crippen molar-refractivity contribution in [1.29, 1.82) is 0 Å². The number of aromatic amines is 1. The van der Waals surface area contributed by atoms with E-state index in [1.54, 1.807) is 30.9 Å². The Hall–Kier alpha value is -3.75. The number of aryl methyl sites for hydroxylation is 1. The van der Waals surface area contributed by atoms with Gasteiger partial charge in [0, 0.05) is 18.1 Å². The van der Waals surface area contributed by atoms with E-state index in [4.69, 9.17) is 14.5 Å². The van der Waals surface area contributed by atoms with Crippen LogP contribution in [0.25, 0.3) is 22.3 Å². The van der Waals surface area contributed by atoms with Gasteiger partial charge in [-0.2, -0.15) is 5.21 Å². The van der Waals surface area contributed by atoms with Crippen LogP contribution in [0.15, 0.2) is 41.2 Å². The van der Waals surface area contributed by atoms with Gasteiger partial charge in [-0.3, -0.25) is 9.36 Å². The second kappa shape index (κ2) is 8.95. The molecule has 0 aliphatic carbocycles. The quantitative estimate of drug-likeness (QED) is 0.467. The number of H-pyrrole nitrogens is 1. The first-order valence-corrected chi connectivity index (χ1v) is 10.1. The average Bonchev–Trinajstić information content (AvgIpc) is 3.34. The van der Waals surface area contributed by atoms with Crippen molar-refractivity contribution in [2.24, 2.45) is 0 Å². The predicted octanol–water partition coefficient (Wildman–Crippen LogP) is 2.98. The third kappa shape index (κ3) is 4.11. The van der Waals surface area contributed by atoms with E-state index < -0.39 is 0 Å². The van der Waals surface area contributed by atoms with Crippen molar-refractivity contribution in [1.82, 2.24) is 30.2 Å². The van der Waals surface area contributed by atoms with Gasteiger partial charge in [0.15, 0.2) is 11.5 Å². The highest BCUT2D eigenvalue weighted by atomic mass is 16.5. The van der Waals surface area contributed by atoms with Gasteiger partial charge in [0.05, 0.1) is 31.7 Å². The van der Waals surface area contributed by atoms with Crippen LogP contribution in [0, 0.1) is 0 Å². The number of ether oxygens (including phenoxy) is 2. The summed E-state index contributed by atoms with van der Waals surface area (Å²) < 4.78 is 12.5. The summed E-state index contributed by atoms with van der Waals surface area (Å²) in [6, 6.07) is 11.2. The Kier molecular flexibility index (Phi) is 5.92. The topological polar surface area (TPSA) is 108 Å². The zero-order chi connectivity index (χ0) is 21.8. The summed E-state index contributed by atoms with van der Waals surface area (Å²) in [5, 5.41) is 14.6. The molecule has 0 saturated carbocycles. The van der Waals surface area contributed by atoms with E-state index in [1.807, 2.05) is 24.3 Å². The second-order valence-corrected chi connectivity index (χ2v) is 7.18. The third-order valence-electron chi connectivity index (χ3n) is 5.16. The van der Waals surface area contributed by atoms with Crippen molar-refractivity contribution in [3.8, 4) is 22.9 Å². The molecule has 0 unspecified atom stereocenters. The van der Waals surface area contributed by atoms with Crippen molar-refractivity contribution in [3.63, 3.8) is 0 Å². The fourth-order valence-corrected chi connectivity index (χ4v) is 3.56. The van der Waals surface area contributed by atoms with Crippen LogP contribution in [0.5, 0.6) is 11.5 Å². The van der Waals surface area contributed by atoms with Gasteiger partial charge in [0.1, 0.15) is 5.82 Å². The maximum absolute atomic E-state index is 13.5. The van der Waals surface area contributed by atoms with Crippen molar-refractivity contribution < 1.29 is 9.47 Å². The molecule has 2 heterocycles. The largest absolute Gasteiger partial charge is 0.493 e. The summed E-state index contributed by atoms with van der Waals surface area (Å²) in [4.78, 5) is 18.3. The number of tetrazole rings is 1. The molecule has 2 aromatic heterocycles. The molecular weight excluding hydrogens is 396 g/mol. The second-order valence-electron chi connectivity index (χ2n) is 7.18. The Balaban J connectivity index is 1.82. The smallest absolute Gasteiger partial charge is 0.261 e. The van der Waals surface area contributed by atoms with E-state index in [-0.39, 0.29) is 5.56 Å². The van der Waals surface area contributed by atoms with E-state index >= 15 is 0 Å². The molecule has 31 heavy (non-hydrogen) atoms. The number of fused-ring (bicyclic) bond motifs is 1. The molecular formula is C22H24N6O3. The number of methoxy groups -OCH3 is 2. The fraction of sp³-hybridized carbons (Fsp3) is 0.318. The molecule has 4 aromatic rings. The van der Waals surface area contributed by atoms with Gasteiger partial charge in [-0.05, 0) is 29.3 Å².